The van der Waals surface area contributed by atoms with Gasteiger partial charge in [-0.15, -0.1) is 0 Å². The number of nitrogens with zero attached hydrogens (tertiary/aromatic N) is 3. The summed E-state index contributed by atoms with van der Waals surface area (Å²) >= 11 is 0. The zero-order valence-corrected chi connectivity index (χ0v) is 36.2. The first kappa shape index (κ1) is 40.0. The molecule has 0 fully saturated rings. The molecule has 0 unspecified atom stereocenters. The monoisotopic (exact) mass is 841 g/mol. The van der Waals surface area contributed by atoms with Crippen molar-refractivity contribution in [3.05, 3.63) is 261 Å². The predicted molar refractivity (Wildman–Crippen MR) is 274 cm³/mol. The number of hydrogen-bond donors (Lipinski definition) is 0. The van der Waals surface area contributed by atoms with E-state index in [1.165, 1.54) is 0 Å². The average Bonchev–Trinajstić information content (AvgIpc) is 3.42. The van der Waals surface area contributed by atoms with Crippen LogP contribution in [0.25, 0.3) is 112 Å². The summed E-state index contributed by atoms with van der Waals surface area (Å²) < 4.78 is 0. The van der Waals surface area contributed by atoms with Crippen LogP contribution in [0, 0.1) is 0 Å². The summed E-state index contributed by atoms with van der Waals surface area (Å²) in [6, 6.07) is 91.7. The topological polar surface area (TPSA) is 38.7 Å². The standard InChI is InChI=1S/C63H43N3/c1-8-22-44(23-9-1)53-40-54(45-24-10-2-11-25-45)42-55(41-53)57-43-56(64-63(65-57)52-34-20-7-21-35-52)46-36-38-49(39-37-46)58-59(47-26-12-3-13-27-47)61(50-30-16-5-17-31-50)66-62(51-32-18-6-19-33-51)60(58)48-28-14-4-15-29-48/h1-43H. The van der Waals surface area contributed by atoms with Crippen LogP contribution >= 0.6 is 0 Å². The zero-order chi connectivity index (χ0) is 44.1. The molecule has 11 rings (SSSR count). The van der Waals surface area contributed by atoms with Gasteiger partial charge in [-0.1, -0.05) is 237 Å². The van der Waals surface area contributed by atoms with Crippen LogP contribution in [-0.2, 0) is 0 Å². The molecule has 0 radical (unpaired) electrons. The van der Waals surface area contributed by atoms with E-state index in [9.17, 15) is 0 Å². The van der Waals surface area contributed by atoms with Crippen LogP contribution in [0.1, 0.15) is 0 Å². The molecule has 9 aromatic carbocycles. The lowest BCUT2D eigenvalue weighted by Gasteiger charge is -2.23. The van der Waals surface area contributed by atoms with Gasteiger partial charge in [-0.2, -0.15) is 0 Å². The lowest BCUT2D eigenvalue weighted by atomic mass is 9.83. The van der Waals surface area contributed by atoms with Crippen molar-refractivity contribution in [2.75, 3.05) is 0 Å². The van der Waals surface area contributed by atoms with Crippen LogP contribution in [0.15, 0.2) is 261 Å². The molecule has 0 saturated carbocycles. The number of benzene rings is 9. The molecule has 2 heterocycles. The Morgan fingerprint density at radius 2 is 0.485 bits per heavy atom. The fourth-order valence-electron chi connectivity index (χ4n) is 8.89. The molecule has 0 bridgehead atoms. The molecular weight excluding hydrogens is 799 g/mol. The second-order valence-corrected chi connectivity index (χ2v) is 16.3. The second kappa shape index (κ2) is 18.1. The summed E-state index contributed by atoms with van der Waals surface area (Å²) in [5.41, 5.74) is 19.7. The third-order valence-corrected chi connectivity index (χ3v) is 12.1. The van der Waals surface area contributed by atoms with E-state index in [0.29, 0.717) is 5.82 Å². The van der Waals surface area contributed by atoms with Crippen LogP contribution in [0.3, 0.4) is 0 Å². The van der Waals surface area contributed by atoms with E-state index in [0.717, 1.165) is 106 Å². The molecule has 0 aliphatic rings. The SMILES string of the molecule is c1ccc(-c2cc(-c3ccccc3)cc(-c3cc(-c4ccc(-c5c(-c6ccccc6)c(-c6ccccc6)nc(-c6ccccc6)c5-c5ccccc5)cc4)nc(-c4ccccc4)n3)c2)cc1. The molecule has 0 atom stereocenters. The molecule has 0 amide bonds. The highest BCUT2D eigenvalue weighted by atomic mass is 14.9. The Hall–Kier alpha value is -8.79. The van der Waals surface area contributed by atoms with E-state index in [2.05, 4.69) is 243 Å². The maximum Gasteiger partial charge on any atom is 0.160 e. The van der Waals surface area contributed by atoms with Gasteiger partial charge in [0.25, 0.3) is 0 Å². The number of pyridine rings is 1. The Labute approximate surface area is 386 Å². The van der Waals surface area contributed by atoms with Gasteiger partial charge in [0, 0.05) is 44.5 Å². The number of hydrogen-bond acceptors (Lipinski definition) is 3. The van der Waals surface area contributed by atoms with E-state index in [4.69, 9.17) is 15.0 Å². The third kappa shape index (κ3) is 8.14. The van der Waals surface area contributed by atoms with Gasteiger partial charge in [0.1, 0.15) is 0 Å². The summed E-state index contributed by atoms with van der Waals surface area (Å²) in [5, 5.41) is 0. The van der Waals surface area contributed by atoms with Crippen molar-refractivity contribution < 1.29 is 0 Å². The summed E-state index contributed by atoms with van der Waals surface area (Å²) in [5.74, 6) is 0.672. The fourth-order valence-corrected chi connectivity index (χ4v) is 8.89. The second-order valence-electron chi connectivity index (χ2n) is 16.3. The molecule has 0 saturated heterocycles. The molecular formula is C63H43N3. The van der Waals surface area contributed by atoms with Crippen LogP contribution in [0.5, 0.6) is 0 Å². The van der Waals surface area contributed by atoms with E-state index in [-0.39, 0.29) is 0 Å². The van der Waals surface area contributed by atoms with E-state index in [1.54, 1.807) is 0 Å². The van der Waals surface area contributed by atoms with Crippen LogP contribution in [0.2, 0.25) is 0 Å². The van der Waals surface area contributed by atoms with Crippen LogP contribution < -0.4 is 0 Å². The van der Waals surface area contributed by atoms with Gasteiger partial charge in [0.05, 0.1) is 22.8 Å². The third-order valence-electron chi connectivity index (χ3n) is 12.1. The Balaban J connectivity index is 1.13. The van der Waals surface area contributed by atoms with Crippen molar-refractivity contribution in [2.24, 2.45) is 0 Å². The van der Waals surface area contributed by atoms with Crippen molar-refractivity contribution in [1.82, 2.24) is 15.0 Å². The molecule has 0 spiro atoms. The van der Waals surface area contributed by atoms with Gasteiger partial charge in [-0.25, -0.2) is 15.0 Å². The predicted octanol–water partition coefficient (Wildman–Crippen LogP) is 16.5. The zero-order valence-electron chi connectivity index (χ0n) is 36.2. The van der Waals surface area contributed by atoms with Crippen LogP contribution in [0.4, 0.5) is 0 Å². The summed E-state index contributed by atoms with van der Waals surface area (Å²) in [4.78, 5) is 16.2. The quantitative estimate of drug-likeness (QED) is 0.138. The van der Waals surface area contributed by atoms with Crippen molar-refractivity contribution in [3.8, 4) is 112 Å². The maximum atomic E-state index is 5.63. The summed E-state index contributed by atoms with van der Waals surface area (Å²) in [6.45, 7) is 0. The minimum absolute atomic E-state index is 0.672. The number of aromatic nitrogens is 3. The summed E-state index contributed by atoms with van der Waals surface area (Å²) in [6.07, 6.45) is 0. The maximum absolute atomic E-state index is 5.63. The Bertz CT molecular complexity index is 3240. The van der Waals surface area contributed by atoms with Gasteiger partial charge in [0.15, 0.2) is 5.82 Å². The van der Waals surface area contributed by atoms with Gasteiger partial charge in [-0.05, 0) is 63.2 Å². The van der Waals surface area contributed by atoms with E-state index < -0.39 is 0 Å². The Kier molecular flexibility index (Phi) is 11.0. The molecule has 3 nitrogen and oxygen atoms in total. The van der Waals surface area contributed by atoms with Crippen molar-refractivity contribution in [2.45, 2.75) is 0 Å². The van der Waals surface area contributed by atoms with Crippen molar-refractivity contribution in [1.29, 1.82) is 0 Å². The first-order valence-corrected chi connectivity index (χ1v) is 22.3. The molecule has 310 valence electrons. The molecule has 0 aliphatic heterocycles. The first-order chi connectivity index (χ1) is 32.7. The van der Waals surface area contributed by atoms with E-state index >= 15 is 0 Å². The first-order valence-electron chi connectivity index (χ1n) is 22.3. The Morgan fingerprint density at radius 3 is 0.894 bits per heavy atom. The van der Waals surface area contributed by atoms with E-state index in [1.807, 2.05) is 18.2 Å². The molecule has 0 aliphatic carbocycles. The van der Waals surface area contributed by atoms with Gasteiger partial charge in [-0.3, -0.25) is 0 Å². The molecule has 3 heteroatoms. The Morgan fingerprint density at radius 1 is 0.182 bits per heavy atom. The minimum atomic E-state index is 0.672. The largest absolute Gasteiger partial charge is 0.246 e. The molecule has 66 heavy (non-hydrogen) atoms. The van der Waals surface area contributed by atoms with Gasteiger partial charge < -0.3 is 0 Å². The highest BCUT2D eigenvalue weighted by Gasteiger charge is 2.25. The highest BCUT2D eigenvalue weighted by molar-refractivity contribution is 6.05. The lowest BCUT2D eigenvalue weighted by molar-refractivity contribution is 1.18. The fraction of sp³-hybridized carbons (Fsp3) is 0. The van der Waals surface area contributed by atoms with Crippen LogP contribution in [-0.4, -0.2) is 15.0 Å². The normalized spacial score (nSPS) is 11.0. The van der Waals surface area contributed by atoms with Gasteiger partial charge >= 0.3 is 0 Å². The molecule has 2 aromatic heterocycles. The van der Waals surface area contributed by atoms with Crippen molar-refractivity contribution >= 4 is 0 Å². The lowest BCUT2D eigenvalue weighted by Crippen LogP contribution is -2.01. The molecule has 11 aromatic rings. The minimum Gasteiger partial charge on any atom is -0.246 e. The average molecular weight is 842 g/mol. The smallest absolute Gasteiger partial charge is 0.160 e. The number of rotatable bonds is 10. The highest BCUT2D eigenvalue weighted by Crippen LogP contribution is 2.49. The van der Waals surface area contributed by atoms with Crippen molar-refractivity contribution in [3.63, 3.8) is 0 Å². The summed E-state index contributed by atoms with van der Waals surface area (Å²) in [7, 11) is 0. The molecule has 0 N–H and O–H groups in total. The van der Waals surface area contributed by atoms with Gasteiger partial charge in [0.2, 0.25) is 0 Å².